The normalized spacial score (nSPS) is 14.2. The highest BCUT2D eigenvalue weighted by Crippen LogP contribution is 2.41. The van der Waals surface area contributed by atoms with Crippen LogP contribution in [0, 0.1) is 6.92 Å². The first-order valence-electron chi connectivity index (χ1n) is 12.3. The number of hydrogen-bond donors (Lipinski definition) is 1. The highest BCUT2D eigenvalue weighted by molar-refractivity contribution is 6.07. The van der Waals surface area contributed by atoms with Gasteiger partial charge in [0.1, 0.15) is 0 Å². The van der Waals surface area contributed by atoms with Crippen LogP contribution in [0.15, 0.2) is 48.7 Å². The van der Waals surface area contributed by atoms with Crippen molar-refractivity contribution in [1.82, 2.24) is 25.1 Å². The molecule has 4 aromatic rings. The lowest BCUT2D eigenvalue weighted by atomic mass is 10.0. The van der Waals surface area contributed by atoms with Gasteiger partial charge in [-0.25, -0.2) is 9.97 Å². The number of carbonyl (C=O) groups excluding carboxylic acids is 1. The Hall–Kier alpha value is -3.94. The second-order valence-electron chi connectivity index (χ2n) is 9.52. The Morgan fingerprint density at radius 3 is 2.58 bits per heavy atom. The van der Waals surface area contributed by atoms with E-state index >= 15 is 0 Å². The summed E-state index contributed by atoms with van der Waals surface area (Å²) >= 11 is 0. The lowest BCUT2D eigenvalue weighted by molar-refractivity contribution is 0.0941. The van der Waals surface area contributed by atoms with Gasteiger partial charge in [-0.05, 0) is 76.4 Å². The molecule has 1 fully saturated rings. The number of amides is 1. The van der Waals surface area contributed by atoms with Crippen LogP contribution >= 0.6 is 0 Å². The predicted octanol–water partition coefficient (Wildman–Crippen LogP) is 5.29. The van der Waals surface area contributed by atoms with Crippen LogP contribution in [0.5, 0.6) is 11.5 Å². The van der Waals surface area contributed by atoms with E-state index in [1.165, 1.54) is 0 Å². The molecule has 0 aliphatic heterocycles. The van der Waals surface area contributed by atoms with Gasteiger partial charge in [0.25, 0.3) is 5.91 Å². The van der Waals surface area contributed by atoms with Crippen LogP contribution in [0.4, 0.5) is 0 Å². The van der Waals surface area contributed by atoms with E-state index in [9.17, 15) is 4.79 Å². The van der Waals surface area contributed by atoms with Gasteiger partial charge in [0.2, 0.25) is 0 Å². The number of rotatable bonds is 8. The van der Waals surface area contributed by atoms with Gasteiger partial charge in [-0.1, -0.05) is 12.1 Å². The van der Waals surface area contributed by atoms with Crippen molar-refractivity contribution in [3.63, 3.8) is 0 Å². The molecule has 3 aromatic heterocycles. The van der Waals surface area contributed by atoms with Gasteiger partial charge < -0.3 is 14.8 Å². The van der Waals surface area contributed by atoms with Crippen molar-refractivity contribution >= 4 is 16.9 Å². The molecule has 1 N–H and O–H groups in total. The van der Waals surface area contributed by atoms with E-state index in [2.05, 4.69) is 10.3 Å². The Balaban J connectivity index is 1.50. The lowest BCUT2D eigenvalue weighted by Gasteiger charge is -2.19. The van der Waals surface area contributed by atoms with Crippen LogP contribution in [0.3, 0.4) is 0 Å². The van der Waals surface area contributed by atoms with E-state index in [1.807, 2.05) is 70.2 Å². The average Bonchev–Trinajstić information content (AvgIpc) is 3.67. The Kier molecular flexibility index (Phi) is 6.35. The molecule has 0 bridgehead atoms. The largest absolute Gasteiger partial charge is 0.493 e. The average molecular weight is 486 g/mol. The molecule has 36 heavy (non-hydrogen) atoms. The fourth-order valence-corrected chi connectivity index (χ4v) is 4.38. The number of methoxy groups -OCH3 is 1. The summed E-state index contributed by atoms with van der Waals surface area (Å²) < 4.78 is 13.1. The summed E-state index contributed by atoms with van der Waals surface area (Å²) in [5.41, 5.74) is 3.82. The van der Waals surface area contributed by atoms with Gasteiger partial charge in [-0.2, -0.15) is 9.78 Å². The Morgan fingerprint density at radius 1 is 1.11 bits per heavy atom. The third kappa shape index (κ3) is 4.63. The van der Waals surface area contributed by atoms with Crippen LogP contribution < -0.4 is 14.8 Å². The molecule has 1 atom stereocenters. The van der Waals surface area contributed by atoms with Gasteiger partial charge in [0.05, 0.1) is 35.9 Å². The highest BCUT2D eigenvalue weighted by Gasteiger charge is 2.29. The maximum Gasteiger partial charge on any atom is 0.252 e. The number of hydrogen-bond acceptors (Lipinski definition) is 6. The van der Waals surface area contributed by atoms with Crippen LogP contribution in [0.1, 0.15) is 72.9 Å². The second-order valence-corrected chi connectivity index (χ2v) is 9.52. The van der Waals surface area contributed by atoms with Crippen molar-refractivity contribution in [2.75, 3.05) is 7.11 Å². The zero-order valence-corrected chi connectivity index (χ0v) is 21.3. The van der Waals surface area contributed by atoms with Gasteiger partial charge in [-0.3, -0.25) is 4.79 Å². The number of aryl methyl sites for hydroxylation is 1. The summed E-state index contributed by atoms with van der Waals surface area (Å²) in [4.78, 5) is 23.0. The molecule has 0 spiro atoms. The van der Waals surface area contributed by atoms with E-state index in [-0.39, 0.29) is 18.1 Å². The van der Waals surface area contributed by atoms with Crippen molar-refractivity contribution in [1.29, 1.82) is 0 Å². The third-order valence-corrected chi connectivity index (χ3v) is 6.34. The van der Waals surface area contributed by atoms with E-state index < -0.39 is 0 Å². The zero-order chi connectivity index (χ0) is 25.4. The molecule has 1 amide bonds. The SMILES string of the molecule is COc1cc(C(C)NC(=O)c2cc(C3CC3)nc3c2c(C)nn3-c2ccccn2)ccc1OC(C)C. The molecule has 1 aliphatic carbocycles. The number of fused-ring (bicyclic) bond motifs is 1. The van der Waals surface area contributed by atoms with Gasteiger partial charge in [-0.15, -0.1) is 0 Å². The third-order valence-electron chi connectivity index (χ3n) is 6.34. The number of ether oxygens (including phenoxy) is 2. The number of pyridine rings is 2. The Labute approximate surface area is 210 Å². The summed E-state index contributed by atoms with van der Waals surface area (Å²) in [7, 11) is 1.62. The van der Waals surface area contributed by atoms with E-state index in [1.54, 1.807) is 18.0 Å². The number of nitrogens with zero attached hydrogens (tertiary/aromatic N) is 4. The molecular weight excluding hydrogens is 454 g/mol. The van der Waals surface area contributed by atoms with Crippen molar-refractivity contribution in [2.45, 2.75) is 58.6 Å². The predicted molar refractivity (Wildman–Crippen MR) is 138 cm³/mol. The standard InChI is InChI=1S/C28H31N5O3/c1-16(2)36-23-12-11-20(14-24(23)35-5)17(3)30-28(34)21-15-22(19-9-10-19)31-27-26(21)18(4)32-33(27)25-8-6-7-13-29-25/h6-8,11-17,19H,9-10H2,1-5H3,(H,30,34). The minimum Gasteiger partial charge on any atom is -0.493 e. The Morgan fingerprint density at radius 2 is 1.92 bits per heavy atom. The molecule has 1 aliphatic rings. The first-order chi connectivity index (χ1) is 17.4. The topological polar surface area (TPSA) is 91.2 Å². The fourth-order valence-electron chi connectivity index (χ4n) is 4.38. The van der Waals surface area contributed by atoms with Gasteiger partial charge in [0.15, 0.2) is 23.0 Å². The molecule has 0 saturated heterocycles. The smallest absolute Gasteiger partial charge is 0.252 e. The molecule has 5 rings (SSSR count). The van der Waals surface area contributed by atoms with Crippen molar-refractivity contribution < 1.29 is 14.3 Å². The first kappa shape index (κ1) is 23.8. The quantitative estimate of drug-likeness (QED) is 0.365. The maximum atomic E-state index is 13.7. The van der Waals surface area contributed by atoms with Gasteiger partial charge >= 0.3 is 0 Å². The first-order valence-corrected chi connectivity index (χ1v) is 12.3. The number of benzene rings is 1. The lowest BCUT2D eigenvalue weighted by Crippen LogP contribution is -2.27. The van der Waals surface area contributed by atoms with Crippen molar-refractivity contribution in [3.05, 3.63) is 71.2 Å². The number of nitrogens with one attached hydrogen (secondary N) is 1. The van der Waals surface area contributed by atoms with Crippen LogP contribution in [0.25, 0.3) is 16.9 Å². The summed E-state index contributed by atoms with van der Waals surface area (Å²) in [6.07, 6.45) is 3.92. The van der Waals surface area contributed by atoms with Gasteiger partial charge in [0, 0.05) is 17.8 Å². The molecule has 8 nitrogen and oxygen atoms in total. The Bertz CT molecular complexity index is 1410. The molecule has 1 unspecified atom stereocenters. The molecular formula is C28H31N5O3. The summed E-state index contributed by atoms with van der Waals surface area (Å²) in [5.74, 6) is 2.20. The van der Waals surface area contributed by atoms with Crippen LogP contribution in [-0.2, 0) is 0 Å². The minimum absolute atomic E-state index is 0.0341. The molecule has 186 valence electrons. The monoisotopic (exact) mass is 485 g/mol. The van der Waals surface area contributed by atoms with Crippen molar-refractivity contribution in [3.8, 4) is 17.3 Å². The van der Waals surface area contributed by atoms with E-state index in [4.69, 9.17) is 19.6 Å². The second kappa shape index (κ2) is 9.60. The van der Waals surface area contributed by atoms with Crippen molar-refractivity contribution in [2.24, 2.45) is 0 Å². The fraction of sp³-hybridized carbons (Fsp3) is 0.357. The number of aromatic nitrogens is 4. The number of carbonyl (C=O) groups is 1. The van der Waals surface area contributed by atoms with Crippen LogP contribution in [-0.4, -0.2) is 38.9 Å². The highest BCUT2D eigenvalue weighted by atomic mass is 16.5. The summed E-state index contributed by atoms with van der Waals surface area (Å²) in [6.45, 7) is 7.80. The maximum absolute atomic E-state index is 13.7. The van der Waals surface area contributed by atoms with E-state index in [0.717, 1.165) is 35.2 Å². The van der Waals surface area contributed by atoms with Crippen LogP contribution in [0.2, 0.25) is 0 Å². The zero-order valence-electron chi connectivity index (χ0n) is 21.3. The summed E-state index contributed by atoms with van der Waals surface area (Å²) in [5, 5.41) is 8.61. The summed E-state index contributed by atoms with van der Waals surface area (Å²) in [6, 6.07) is 13.1. The molecule has 3 heterocycles. The molecule has 8 heteroatoms. The minimum atomic E-state index is -0.252. The molecule has 1 aromatic carbocycles. The molecule has 1 saturated carbocycles. The molecule has 0 radical (unpaired) electrons. The van der Waals surface area contributed by atoms with E-state index in [0.29, 0.717) is 34.4 Å².